The molecule has 0 aliphatic heterocycles. The summed E-state index contributed by atoms with van der Waals surface area (Å²) in [6, 6.07) is 5.55. The van der Waals surface area contributed by atoms with Gasteiger partial charge in [-0.25, -0.2) is 0 Å². The number of furan rings is 1. The van der Waals surface area contributed by atoms with Crippen molar-refractivity contribution in [1.82, 2.24) is 0 Å². The van der Waals surface area contributed by atoms with Gasteiger partial charge in [0, 0.05) is 21.7 Å². The van der Waals surface area contributed by atoms with Crippen LogP contribution in [0.3, 0.4) is 0 Å². The molecule has 2 heterocycles. The van der Waals surface area contributed by atoms with Crippen molar-refractivity contribution >= 4 is 17.1 Å². The van der Waals surface area contributed by atoms with E-state index in [2.05, 4.69) is 0 Å². The summed E-state index contributed by atoms with van der Waals surface area (Å²) < 4.78 is 5.47. The normalized spacial score (nSPS) is 10.7. The third-order valence-electron chi connectivity index (χ3n) is 2.52. The number of aryl methyl sites for hydroxylation is 3. The average molecular weight is 234 g/mol. The summed E-state index contributed by atoms with van der Waals surface area (Å²) >= 11 is 1.64. The van der Waals surface area contributed by atoms with E-state index in [-0.39, 0.29) is 5.78 Å². The fourth-order valence-electron chi connectivity index (χ4n) is 1.68. The molecule has 2 rings (SSSR count). The number of carbonyl (C=O) groups is 1. The van der Waals surface area contributed by atoms with Crippen LogP contribution in [0.2, 0.25) is 0 Å². The van der Waals surface area contributed by atoms with Crippen LogP contribution in [0.1, 0.15) is 38.6 Å². The van der Waals surface area contributed by atoms with Crippen LogP contribution in [0, 0.1) is 13.8 Å². The van der Waals surface area contributed by atoms with Crippen LogP contribution < -0.4 is 0 Å². The van der Waals surface area contributed by atoms with Gasteiger partial charge in [-0.15, -0.1) is 11.3 Å². The molecule has 84 valence electrons. The summed E-state index contributed by atoms with van der Waals surface area (Å²) in [5.41, 5.74) is 0.763. The molecular formula is C13H14O2S. The van der Waals surface area contributed by atoms with Crippen LogP contribution in [0.15, 0.2) is 22.6 Å². The highest BCUT2D eigenvalue weighted by molar-refractivity contribution is 7.12. The summed E-state index contributed by atoms with van der Waals surface area (Å²) in [6.07, 6.45) is 0.814. The summed E-state index contributed by atoms with van der Waals surface area (Å²) in [5.74, 6) is 1.28. The molecule has 0 radical (unpaired) electrons. The second-order valence-electron chi connectivity index (χ2n) is 3.78. The molecule has 0 aliphatic rings. The van der Waals surface area contributed by atoms with Gasteiger partial charge in [0.05, 0.1) is 0 Å². The van der Waals surface area contributed by atoms with Gasteiger partial charge in [-0.3, -0.25) is 4.79 Å². The number of ketones is 1. The lowest BCUT2D eigenvalue weighted by atomic mass is 10.1. The zero-order chi connectivity index (χ0) is 11.7. The molecule has 0 N–H and O–H groups in total. The van der Waals surface area contributed by atoms with E-state index in [1.807, 2.05) is 32.9 Å². The van der Waals surface area contributed by atoms with Crippen molar-refractivity contribution < 1.29 is 9.21 Å². The van der Waals surface area contributed by atoms with E-state index in [0.717, 1.165) is 27.5 Å². The minimum atomic E-state index is -0.0125. The minimum absolute atomic E-state index is 0.0125. The lowest BCUT2D eigenvalue weighted by Gasteiger charge is -1.95. The Morgan fingerprint density at radius 3 is 2.62 bits per heavy atom. The minimum Gasteiger partial charge on any atom is -0.458 e. The molecule has 0 spiro atoms. The first-order chi connectivity index (χ1) is 7.61. The molecular weight excluding hydrogens is 220 g/mol. The SMILES string of the molecule is CCc1ccc(C(=O)c2cc(C)sc2C)o1. The maximum Gasteiger partial charge on any atom is 0.229 e. The monoisotopic (exact) mass is 234 g/mol. The standard InChI is InChI=1S/C13H14O2S/c1-4-10-5-6-12(15-10)13(14)11-7-8(2)16-9(11)3/h5-7H,4H2,1-3H3. The first-order valence-corrected chi connectivity index (χ1v) is 6.14. The van der Waals surface area contributed by atoms with Crippen molar-refractivity contribution in [3.8, 4) is 0 Å². The predicted molar refractivity (Wildman–Crippen MR) is 65.3 cm³/mol. The third kappa shape index (κ3) is 1.95. The van der Waals surface area contributed by atoms with E-state index in [4.69, 9.17) is 4.42 Å². The second kappa shape index (κ2) is 4.26. The molecule has 0 saturated heterocycles. The Morgan fingerprint density at radius 1 is 1.38 bits per heavy atom. The summed E-state index contributed by atoms with van der Waals surface area (Å²) in [7, 11) is 0. The molecule has 16 heavy (non-hydrogen) atoms. The molecule has 0 fully saturated rings. The van der Waals surface area contributed by atoms with Crippen LogP contribution >= 0.6 is 11.3 Å². The fraction of sp³-hybridized carbons (Fsp3) is 0.308. The molecule has 0 atom stereocenters. The Hall–Kier alpha value is -1.35. The van der Waals surface area contributed by atoms with Crippen LogP contribution in [0.25, 0.3) is 0 Å². The van der Waals surface area contributed by atoms with Crippen molar-refractivity contribution in [2.75, 3.05) is 0 Å². The average Bonchev–Trinajstić information content (AvgIpc) is 2.84. The summed E-state index contributed by atoms with van der Waals surface area (Å²) in [5, 5.41) is 0. The molecule has 0 bridgehead atoms. The smallest absolute Gasteiger partial charge is 0.229 e. The molecule has 2 aromatic rings. The molecule has 0 unspecified atom stereocenters. The van der Waals surface area contributed by atoms with Gasteiger partial charge in [-0.1, -0.05) is 6.92 Å². The van der Waals surface area contributed by atoms with Gasteiger partial charge >= 0.3 is 0 Å². The molecule has 0 aromatic carbocycles. The maximum atomic E-state index is 12.1. The quantitative estimate of drug-likeness (QED) is 0.757. The van der Waals surface area contributed by atoms with Gasteiger partial charge < -0.3 is 4.42 Å². The lowest BCUT2D eigenvalue weighted by molar-refractivity contribution is 0.101. The number of hydrogen-bond acceptors (Lipinski definition) is 3. The Bertz CT molecular complexity index is 520. The van der Waals surface area contributed by atoms with E-state index >= 15 is 0 Å². The van der Waals surface area contributed by atoms with E-state index in [0.29, 0.717) is 5.76 Å². The molecule has 2 nitrogen and oxygen atoms in total. The van der Waals surface area contributed by atoms with Crippen LogP contribution in [-0.4, -0.2) is 5.78 Å². The van der Waals surface area contributed by atoms with Crippen molar-refractivity contribution in [3.05, 3.63) is 45.0 Å². The molecule has 3 heteroatoms. The Balaban J connectivity index is 2.35. The van der Waals surface area contributed by atoms with Crippen LogP contribution in [-0.2, 0) is 6.42 Å². The van der Waals surface area contributed by atoms with Gasteiger partial charge in [0.25, 0.3) is 0 Å². The van der Waals surface area contributed by atoms with E-state index < -0.39 is 0 Å². The Labute approximate surface area is 98.9 Å². The van der Waals surface area contributed by atoms with E-state index in [1.54, 1.807) is 17.4 Å². The first-order valence-electron chi connectivity index (χ1n) is 5.32. The van der Waals surface area contributed by atoms with Crippen LogP contribution in [0.4, 0.5) is 0 Å². The largest absolute Gasteiger partial charge is 0.458 e. The summed E-state index contributed by atoms with van der Waals surface area (Å²) in [6.45, 7) is 5.98. The number of carbonyl (C=O) groups excluding carboxylic acids is 1. The zero-order valence-electron chi connectivity index (χ0n) is 9.66. The third-order valence-corrected chi connectivity index (χ3v) is 3.49. The topological polar surface area (TPSA) is 30.2 Å². The summed E-state index contributed by atoms with van der Waals surface area (Å²) in [4.78, 5) is 14.3. The second-order valence-corrected chi connectivity index (χ2v) is 5.24. The van der Waals surface area contributed by atoms with E-state index in [1.165, 1.54) is 0 Å². The van der Waals surface area contributed by atoms with Crippen molar-refractivity contribution in [2.24, 2.45) is 0 Å². The van der Waals surface area contributed by atoms with Gasteiger partial charge in [0.2, 0.25) is 5.78 Å². The number of rotatable bonds is 3. The molecule has 0 saturated carbocycles. The van der Waals surface area contributed by atoms with Crippen LogP contribution in [0.5, 0.6) is 0 Å². The first kappa shape index (κ1) is 11.1. The van der Waals surface area contributed by atoms with Crippen molar-refractivity contribution in [1.29, 1.82) is 0 Å². The zero-order valence-corrected chi connectivity index (χ0v) is 10.5. The Kier molecular flexibility index (Phi) is 2.97. The Morgan fingerprint density at radius 2 is 2.12 bits per heavy atom. The highest BCUT2D eigenvalue weighted by Gasteiger charge is 2.17. The van der Waals surface area contributed by atoms with Gasteiger partial charge in [-0.05, 0) is 32.0 Å². The predicted octanol–water partition coefficient (Wildman–Crippen LogP) is 3.75. The molecule has 0 aliphatic carbocycles. The molecule has 2 aromatic heterocycles. The van der Waals surface area contributed by atoms with Crippen molar-refractivity contribution in [3.63, 3.8) is 0 Å². The molecule has 0 amide bonds. The van der Waals surface area contributed by atoms with Crippen molar-refractivity contribution in [2.45, 2.75) is 27.2 Å². The number of hydrogen-bond donors (Lipinski definition) is 0. The fourth-order valence-corrected chi connectivity index (χ4v) is 2.60. The van der Waals surface area contributed by atoms with Gasteiger partial charge in [0.1, 0.15) is 5.76 Å². The highest BCUT2D eigenvalue weighted by atomic mass is 32.1. The lowest BCUT2D eigenvalue weighted by Crippen LogP contribution is -1.99. The maximum absolute atomic E-state index is 12.1. The number of thiophene rings is 1. The van der Waals surface area contributed by atoms with E-state index in [9.17, 15) is 4.79 Å². The van der Waals surface area contributed by atoms with Gasteiger partial charge in [-0.2, -0.15) is 0 Å². The van der Waals surface area contributed by atoms with Gasteiger partial charge in [0.15, 0.2) is 5.76 Å². The highest BCUT2D eigenvalue weighted by Crippen LogP contribution is 2.24.